The third-order valence-electron chi connectivity index (χ3n) is 3.89. The van der Waals surface area contributed by atoms with E-state index in [4.69, 9.17) is 5.73 Å². The molecule has 0 bridgehead atoms. The number of rotatable bonds is 5. The number of primary amides is 1. The Morgan fingerprint density at radius 3 is 2.68 bits per heavy atom. The van der Waals surface area contributed by atoms with E-state index in [1.165, 1.54) is 19.0 Å². The zero-order valence-corrected chi connectivity index (χ0v) is 11.0. The Balaban J connectivity index is 1.88. The van der Waals surface area contributed by atoms with E-state index >= 15 is 0 Å². The zero-order chi connectivity index (χ0) is 13.7. The van der Waals surface area contributed by atoms with Gasteiger partial charge in [-0.2, -0.15) is 0 Å². The minimum Gasteiger partial charge on any atom is -0.396 e. The van der Waals surface area contributed by atoms with Crippen molar-refractivity contribution in [3.05, 3.63) is 23.9 Å². The zero-order valence-electron chi connectivity index (χ0n) is 11.0. The second-order valence-corrected chi connectivity index (χ2v) is 5.16. The molecule has 0 aliphatic heterocycles. The van der Waals surface area contributed by atoms with Crippen LogP contribution >= 0.6 is 0 Å². The second-order valence-electron chi connectivity index (χ2n) is 5.16. The van der Waals surface area contributed by atoms with Gasteiger partial charge in [0.25, 0.3) is 0 Å². The first kappa shape index (κ1) is 13.8. The summed E-state index contributed by atoms with van der Waals surface area (Å²) >= 11 is 0. The highest BCUT2D eigenvalue weighted by atomic mass is 16.3. The summed E-state index contributed by atoms with van der Waals surface area (Å²) in [6.45, 7) is 1.08. The van der Waals surface area contributed by atoms with Gasteiger partial charge < -0.3 is 16.2 Å². The molecule has 1 amide bonds. The average molecular weight is 263 g/mol. The smallest absolute Gasteiger partial charge is 0.250 e. The van der Waals surface area contributed by atoms with Crippen molar-refractivity contribution in [2.75, 3.05) is 18.5 Å². The van der Waals surface area contributed by atoms with Gasteiger partial charge in [-0.25, -0.2) is 4.98 Å². The molecule has 1 fully saturated rings. The van der Waals surface area contributed by atoms with Gasteiger partial charge in [0.2, 0.25) is 5.91 Å². The third kappa shape index (κ3) is 3.67. The summed E-state index contributed by atoms with van der Waals surface area (Å²) in [6.07, 6.45) is 6.19. The number of carbonyl (C=O) groups is 1. The number of aliphatic hydroxyl groups excluding tert-OH is 1. The Morgan fingerprint density at radius 2 is 2.11 bits per heavy atom. The molecule has 1 aliphatic rings. The van der Waals surface area contributed by atoms with Crippen LogP contribution in [-0.2, 0) is 0 Å². The molecule has 2 unspecified atom stereocenters. The summed E-state index contributed by atoms with van der Waals surface area (Å²) in [6, 6.07) is 3.43. The molecular weight excluding hydrogens is 242 g/mol. The van der Waals surface area contributed by atoms with Crippen molar-refractivity contribution in [3.8, 4) is 0 Å². The van der Waals surface area contributed by atoms with E-state index in [1.54, 1.807) is 12.1 Å². The average Bonchev–Trinajstić information content (AvgIpc) is 2.45. The number of carbonyl (C=O) groups excluding carboxylic acids is 1. The van der Waals surface area contributed by atoms with E-state index in [2.05, 4.69) is 10.3 Å². The van der Waals surface area contributed by atoms with Crippen molar-refractivity contribution in [1.29, 1.82) is 0 Å². The standard InChI is InChI=1S/C14H21N3O2/c15-14(19)11-5-6-13(17-8-11)16-7-10-3-1-2-4-12(10)9-18/h5-6,8,10,12,18H,1-4,7,9H2,(H2,15,19)(H,16,17). The molecule has 0 saturated heterocycles. The Labute approximate surface area is 113 Å². The maximum absolute atomic E-state index is 10.9. The fourth-order valence-electron chi connectivity index (χ4n) is 2.67. The van der Waals surface area contributed by atoms with Gasteiger partial charge in [-0.15, -0.1) is 0 Å². The van der Waals surface area contributed by atoms with Crippen molar-refractivity contribution in [2.24, 2.45) is 17.6 Å². The van der Waals surface area contributed by atoms with E-state index in [0.29, 0.717) is 17.4 Å². The van der Waals surface area contributed by atoms with Gasteiger partial charge in [-0.3, -0.25) is 4.79 Å². The lowest BCUT2D eigenvalue weighted by molar-refractivity contribution is 0.1000. The minimum atomic E-state index is -0.466. The lowest BCUT2D eigenvalue weighted by Crippen LogP contribution is -2.28. The highest BCUT2D eigenvalue weighted by Gasteiger charge is 2.24. The summed E-state index contributed by atoms with van der Waals surface area (Å²) in [7, 11) is 0. The van der Waals surface area contributed by atoms with Crippen LogP contribution in [0.15, 0.2) is 18.3 Å². The van der Waals surface area contributed by atoms with E-state index in [1.807, 2.05) is 0 Å². The topological polar surface area (TPSA) is 88.2 Å². The van der Waals surface area contributed by atoms with Crippen molar-refractivity contribution >= 4 is 11.7 Å². The number of hydrogen-bond acceptors (Lipinski definition) is 4. The number of nitrogens with one attached hydrogen (secondary N) is 1. The molecule has 2 atom stereocenters. The lowest BCUT2D eigenvalue weighted by atomic mass is 9.79. The van der Waals surface area contributed by atoms with E-state index in [-0.39, 0.29) is 6.61 Å². The molecule has 4 N–H and O–H groups in total. The van der Waals surface area contributed by atoms with Crippen molar-refractivity contribution < 1.29 is 9.90 Å². The molecule has 1 saturated carbocycles. The maximum Gasteiger partial charge on any atom is 0.250 e. The Bertz CT molecular complexity index is 419. The van der Waals surface area contributed by atoms with Crippen molar-refractivity contribution in [1.82, 2.24) is 4.98 Å². The predicted octanol–water partition coefficient (Wildman–Crippen LogP) is 1.39. The van der Waals surface area contributed by atoms with Crippen LogP contribution in [0.2, 0.25) is 0 Å². The lowest BCUT2D eigenvalue weighted by Gasteiger charge is -2.30. The van der Waals surface area contributed by atoms with Crippen molar-refractivity contribution in [3.63, 3.8) is 0 Å². The fourth-order valence-corrected chi connectivity index (χ4v) is 2.67. The van der Waals surface area contributed by atoms with Crippen LogP contribution in [0.3, 0.4) is 0 Å². The first-order valence-corrected chi connectivity index (χ1v) is 6.81. The number of nitrogens with two attached hydrogens (primary N) is 1. The number of hydrogen-bond donors (Lipinski definition) is 3. The first-order valence-electron chi connectivity index (χ1n) is 6.81. The number of anilines is 1. The molecule has 1 aliphatic carbocycles. The van der Waals surface area contributed by atoms with Gasteiger partial charge in [0.15, 0.2) is 0 Å². The monoisotopic (exact) mass is 263 g/mol. The first-order chi connectivity index (χ1) is 9.20. The number of aromatic nitrogens is 1. The molecule has 2 rings (SSSR count). The largest absolute Gasteiger partial charge is 0.396 e. The molecule has 5 heteroatoms. The van der Waals surface area contributed by atoms with Gasteiger partial charge in [-0.05, 0) is 36.8 Å². The van der Waals surface area contributed by atoms with E-state index in [9.17, 15) is 9.90 Å². The van der Waals surface area contributed by atoms with Crippen LogP contribution in [0.1, 0.15) is 36.0 Å². The van der Waals surface area contributed by atoms with Crippen LogP contribution in [0.5, 0.6) is 0 Å². The third-order valence-corrected chi connectivity index (χ3v) is 3.89. The van der Waals surface area contributed by atoms with Crippen LogP contribution in [-0.4, -0.2) is 29.1 Å². The Hall–Kier alpha value is -1.62. The van der Waals surface area contributed by atoms with Crippen LogP contribution in [0.25, 0.3) is 0 Å². The van der Waals surface area contributed by atoms with Gasteiger partial charge in [0.05, 0.1) is 5.56 Å². The van der Waals surface area contributed by atoms with Crippen LogP contribution < -0.4 is 11.1 Å². The molecule has 0 spiro atoms. The summed E-state index contributed by atoms with van der Waals surface area (Å²) in [4.78, 5) is 15.1. The van der Waals surface area contributed by atoms with Crippen LogP contribution in [0.4, 0.5) is 5.82 Å². The number of aliphatic hydroxyl groups is 1. The highest BCUT2D eigenvalue weighted by molar-refractivity contribution is 5.92. The SMILES string of the molecule is NC(=O)c1ccc(NCC2CCCCC2CO)nc1. The molecule has 0 aromatic carbocycles. The van der Waals surface area contributed by atoms with Gasteiger partial charge in [0.1, 0.15) is 5.82 Å². The molecule has 1 aromatic heterocycles. The second kappa shape index (κ2) is 6.52. The van der Waals surface area contributed by atoms with E-state index in [0.717, 1.165) is 25.2 Å². The summed E-state index contributed by atoms with van der Waals surface area (Å²) in [5, 5.41) is 12.6. The van der Waals surface area contributed by atoms with E-state index < -0.39 is 5.91 Å². The number of pyridine rings is 1. The number of amides is 1. The molecule has 19 heavy (non-hydrogen) atoms. The normalized spacial score (nSPS) is 23.0. The molecular formula is C14H21N3O2. The molecule has 104 valence electrons. The summed E-state index contributed by atoms with van der Waals surface area (Å²) in [5.74, 6) is 1.17. The quantitative estimate of drug-likeness (QED) is 0.749. The highest BCUT2D eigenvalue weighted by Crippen LogP contribution is 2.29. The van der Waals surface area contributed by atoms with Gasteiger partial charge in [0, 0.05) is 19.3 Å². The summed E-state index contributed by atoms with van der Waals surface area (Å²) < 4.78 is 0. The minimum absolute atomic E-state index is 0.264. The van der Waals surface area contributed by atoms with Crippen LogP contribution in [0, 0.1) is 11.8 Å². The summed E-state index contributed by atoms with van der Waals surface area (Å²) in [5.41, 5.74) is 5.58. The molecule has 1 aromatic rings. The van der Waals surface area contributed by atoms with Gasteiger partial charge >= 0.3 is 0 Å². The molecule has 0 radical (unpaired) electrons. The van der Waals surface area contributed by atoms with Crippen molar-refractivity contribution in [2.45, 2.75) is 25.7 Å². The maximum atomic E-state index is 10.9. The number of nitrogens with zero attached hydrogens (tertiary/aromatic N) is 1. The Morgan fingerprint density at radius 1 is 1.37 bits per heavy atom. The molecule has 1 heterocycles. The molecule has 5 nitrogen and oxygen atoms in total. The Kier molecular flexibility index (Phi) is 4.74. The van der Waals surface area contributed by atoms with Gasteiger partial charge in [-0.1, -0.05) is 12.8 Å². The fraction of sp³-hybridized carbons (Fsp3) is 0.571. The predicted molar refractivity (Wildman–Crippen MR) is 73.8 cm³/mol.